The van der Waals surface area contributed by atoms with Gasteiger partial charge in [-0.05, 0) is 17.3 Å². The summed E-state index contributed by atoms with van der Waals surface area (Å²) in [7, 11) is -1.71. The Labute approximate surface area is 107 Å². The van der Waals surface area contributed by atoms with Crippen molar-refractivity contribution in [2.24, 2.45) is 0 Å². The minimum absolute atomic E-state index is 0.265. The zero-order chi connectivity index (χ0) is 13.5. The number of ether oxygens (including phenoxy) is 2. The molecule has 0 aliphatic carbocycles. The minimum Gasteiger partial charge on any atom is -0.457 e. The van der Waals surface area contributed by atoms with Crippen LogP contribution in [0.2, 0.25) is 19.6 Å². The maximum Gasteiger partial charge on any atom is 0.338 e. The summed E-state index contributed by atoms with van der Waals surface area (Å²) in [5.74, 6) is -0.129. The molecule has 18 heavy (non-hydrogen) atoms. The van der Waals surface area contributed by atoms with E-state index in [0.29, 0.717) is 11.3 Å². The molecule has 0 radical (unpaired) electrons. The second-order valence-electron chi connectivity index (χ2n) is 5.42. The molecule has 4 nitrogen and oxygen atoms in total. The van der Waals surface area contributed by atoms with E-state index in [-0.39, 0.29) is 18.5 Å². The number of hydrogen-bond donors (Lipinski definition) is 0. The van der Waals surface area contributed by atoms with E-state index in [9.17, 15) is 9.59 Å². The molecule has 1 heterocycles. The first-order chi connectivity index (χ1) is 8.29. The molecular formula is C13H16O4Si. The summed E-state index contributed by atoms with van der Waals surface area (Å²) in [6, 6.07) is 3.52. The van der Waals surface area contributed by atoms with Gasteiger partial charge in [-0.15, -0.1) is 0 Å². The van der Waals surface area contributed by atoms with Gasteiger partial charge in [0.2, 0.25) is 0 Å². The van der Waals surface area contributed by atoms with Crippen LogP contribution in [-0.4, -0.2) is 20.0 Å². The van der Waals surface area contributed by atoms with E-state index in [1.54, 1.807) is 12.1 Å². The monoisotopic (exact) mass is 264 g/mol. The van der Waals surface area contributed by atoms with Crippen LogP contribution in [0.5, 0.6) is 5.75 Å². The number of hydrogen-bond acceptors (Lipinski definition) is 4. The Balaban J connectivity index is 2.59. The third-order valence-corrected chi connectivity index (χ3v) is 4.84. The molecule has 0 saturated carbocycles. The maximum absolute atomic E-state index is 11.8. The number of fused-ring (bicyclic) bond motifs is 1. The Hall–Kier alpha value is -1.62. The van der Waals surface area contributed by atoms with Crippen molar-refractivity contribution in [3.63, 3.8) is 0 Å². The van der Waals surface area contributed by atoms with Gasteiger partial charge < -0.3 is 9.47 Å². The van der Waals surface area contributed by atoms with Gasteiger partial charge in [0.15, 0.2) is 0 Å². The van der Waals surface area contributed by atoms with Gasteiger partial charge in [0.05, 0.1) is 13.6 Å². The fourth-order valence-corrected chi connectivity index (χ4v) is 3.65. The van der Waals surface area contributed by atoms with Crippen molar-refractivity contribution in [1.82, 2.24) is 0 Å². The molecule has 1 aliphatic heterocycles. The molecule has 1 aliphatic rings. The predicted molar refractivity (Wildman–Crippen MR) is 69.9 cm³/mol. The van der Waals surface area contributed by atoms with Gasteiger partial charge in [-0.2, -0.15) is 0 Å². The lowest BCUT2D eigenvalue weighted by molar-refractivity contribution is -0.131. The van der Waals surface area contributed by atoms with Gasteiger partial charge >= 0.3 is 11.9 Å². The van der Waals surface area contributed by atoms with Crippen molar-refractivity contribution in [3.05, 3.63) is 23.3 Å². The summed E-state index contributed by atoms with van der Waals surface area (Å²) in [5.41, 5.74) is 1.49. The fraction of sp³-hybridized carbons (Fsp3) is 0.385. The van der Waals surface area contributed by atoms with E-state index >= 15 is 0 Å². The third kappa shape index (κ3) is 2.31. The first-order valence-corrected chi connectivity index (χ1v) is 9.32. The number of carbonyl (C=O) groups is 2. The standard InChI is InChI=1S/C13H16O4Si/c1-8(14)17-10-5-9-7-16-13(15)12(9)11(6-10)18(2,3)4/h5-6H,7H2,1-4H3. The molecule has 1 aromatic carbocycles. The lowest BCUT2D eigenvalue weighted by atomic mass is 10.1. The quantitative estimate of drug-likeness (QED) is 0.464. The van der Waals surface area contributed by atoms with E-state index in [4.69, 9.17) is 9.47 Å². The largest absolute Gasteiger partial charge is 0.457 e. The van der Waals surface area contributed by atoms with E-state index in [2.05, 4.69) is 19.6 Å². The Morgan fingerprint density at radius 1 is 1.33 bits per heavy atom. The highest BCUT2D eigenvalue weighted by atomic mass is 28.3. The molecule has 0 unspecified atom stereocenters. The average Bonchev–Trinajstić information content (AvgIpc) is 2.57. The first kappa shape index (κ1) is 12.8. The molecule has 2 rings (SSSR count). The summed E-state index contributed by atoms with van der Waals surface area (Å²) in [5, 5.41) is 0.985. The van der Waals surface area contributed by atoms with Crippen LogP contribution in [0.25, 0.3) is 0 Å². The first-order valence-electron chi connectivity index (χ1n) is 5.82. The van der Waals surface area contributed by atoms with Crippen molar-refractivity contribution in [2.45, 2.75) is 33.2 Å². The highest BCUT2D eigenvalue weighted by molar-refractivity contribution is 6.89. The molecule has 0 aromatic heterocycles. The topological polar surface area (TPSA) is 52.6 Å². The molecule has 0 amide bonds. The zero-order valence-electron chi connectivity index (χ0n) is 11.0. The van der Waals surface area contributed by atoms with Gasteiger partial charge in [-0.3, -0.25) is 4.79 Å². The summed E-state index contributed by atoms with van der Waals surface area (Å²) in [4.78, 5) is 22.8. The molecule has 1 aromatic rings. The van der Waals surface area contributed by atoms with Crippen LogP contribution in [0.4, 0.5) is 0 Å². The average molecular weight is 264 g/mol. The Morgan fingerprint density at radius 2 is 2.00 bits per heavy atom. The highest BCUT2D eigenvalue weighted by Crippen LogP contribution is 2.25. The summed E-state index contributed by atoms with van der Waals surface area (Å²) in [6.45, 7) is 8.06. The summed E-state index contributed by atoms with van der Waals surface area (Å²) in [6.07, 6.45) is 0. The molecule has 96 valence electrons. The fourth-order valence-electron chi connectivity index (χ4n) is 2.06. The van der Waals surface area contributed by atoms with Crippen molar-refractivity contribution < 1.29 is 19.1 Å². The van der Waals surface area contributed by atoms with Crippen LogP contribution in [-0.2, 0) is 16.1 Å². The van der Waals surface area contributed by atoms with E-state index < -0.39 is 8.07 Å². The Bertz CT molecular complexity index is 529. The SMILES string of the molecule is CC(=O)Oc1cc2c(c([Si](C)(C)C)c1)C(=O)OC2. The normalized spacial score (nSPS) is 14.1. The number of cyclic esters (lactones) is 1. The minimum atomic E-state index is -1.71. The summed E-state index contributed by atoms with van der Waals surface area (Å²) < 4.78 is 10.2. The maximum atomic E-state index is 11.8. The molecule has 5 heteroatoms. The predicted octanol–water partition coefficient (Wildman–Crippen LogP) is 1.83. The molecule has 0 N–H and O–H groups in total. The van der Waals surface area contributed by atoms with Gasteiger partial charge in [0, 0.05) is 12.5 Å². The van der Waals surface area contributed by atoms with Crippen LogP contribution in [0.3, 0.4) is 0 Å². The van der Waals surface area contributed by atoms with Gasteiger partial charge in [0.1, 0.15) is 12.4 Å². The molecule has 0 saturated heterocycles. The number of benzene rings is 1. The molecule has 0 fully saturated rings. The number of rotatable bonds is 2. The van der Waals surface area contributed by atoms with Gasteiger partial charge in [-0.1, -0.05) is 19.6 Å². The molecule has 0 spiro atoms. The van der Waals surface area contributed by atoms with Crippen molar-refractivity contribution in [1.29, 1.82) is 0 Å². The number of carbonyl (C=O) groups excluding carboxylic acids is 2. The summed E-state index contributed by atoms with van der Waals surface area (Å²) >= 11 is 0. The molecular weight excluding hydrogens is 248 g/mol. The van der Waals surface area contributed by atoms with Crippen molar-refractivity contribution in [2.75, 3.05) is 0 Å². The molecule has 0 bridgehead atoms. The van der Waals surface area contributed by atoms with Crippen LogP contribution >= 0.6 is 0 Å². The second-order valence-corrected chi connectivity index (χ2v) is 10.5. The lowest BCUT2D eigenvalue weighted by Crippen LogP contribution is -2.41. The second kappa shape index (κ2) is 4.24. The van der Waals surface area contributed by atoms with E-state index in [0.717, 1.165) is 10.8 Å². The third-order valence-electron chi connectivity index (χ3n) is 2.83. The zero-order valence-corrected chi connectivity index (χ0v) is 12.0. The Kier molecular flexibility index (Phi) is 3.02. The number of esters is 2. The van der Waals surface area contributed by atoms with Crippen molar-refractivity contribution in [3.8, 4) is 5.75 Å². The van der Waals surface area contributed by atoms with Crippen LogP contribution in [0.1, 0.15) is 22.8 Å². The van der Waals surface area contributed by atoms with Crippen LogP contribution in [0.15, 0.2) is 12.1 Å². The van der Waals surface area contributed by atoms with E-state index in [1.807, 2.05) is 0 Å². The van der Waals surface area contributed by atoms with E-state index in [1.165, 1.54) is 6.92 Å². The smallest absolute Gasteiger partial charge is 0.338 e. The van der Waals surface area contributed by atoms with Crippen LogP contribution < -0.4 is 9.92 Å². The highest BCUT2D eigenvalue weighted by Gasteiger charge is 2.31. The molecule has 0 atom stereocenters. The van der Waals surface area contributed by atoms with Gasteiger partial charge in [0.25, 0.3) is 0 Å². The van der Waals surface area contributed by atoms with Gasteiger partial charge in [-0.25, -0.2) is 4.79 Å². The van der Waals surface area contributed by atoms with Crippen molar-refractivity contribution >= 4 is 25.2 Å². The van der Waals surface area contributed by atoms with Crippen LogP contribution in [0, 0.1) is 0 Å². The Morgan fingerprint density at radius 3 is 2.56 bits per heavy atom. The lowest BCUT2D eigenvalue weighted by Gasteiger charge is -2.20.